The van der Waals surface area contributed by atoms with E-state index in [4.69, 9.17) is 0 Å². The highest BCUT2D eigenvalue weighted by Crippen LogP contribution is 2.06. The van der Waals surface area contributed by atoms with Gasteiger partial charge in [0.05, 0.1) is 6.10 Å². The van der Waals surface area contributed by atoms with Gasteiger partial charge >= 0.3 is 0 Å². The van der Waals surface area contributed by atoms with E-state index < -0.39 is 0 Å². The van der Waals surface area contributed by atoms with Crippen LogP contribution in [-0.2, 0) is 0 Å². The van der Waals surface area contributed by atoms with Crippen LogP contribution in [0.4, 0.5) is 0 Å². The average molecular weight is 258 g/mol. The summed E-state index contributed by atoms with van der Waals surface area (Å²) in [5.41, 5.74) is 0. The third-order valence-corrected chi connectivity index (χ3v) is 3.55. The molecule has 2 unspecified atom stereocenters. The van der Waals surface area contributed by atoms with E-state index in [9.17, 15) is 5.11 Å². The van der Waals surface area contributed by atoms with E-state index in [1.54, 1.807) is 0 Å². The maximum absolute atomic E-state index is 10.0. The Hall–Kier alpha value is -0.120. The van der Waals surface area contributed by atoms with Crippen LogP contribution in [0.3, 0.4) is 0 Å². The first-order valence-corrected chi connectivity index (χ1v) is 7.81. The zero-order valence-electron chi connectivity index (χ0n) is 12.9. The fourth-order valence-corrected chi connectivity index (χ4v) is 2.29. The number of aliphatic hydroxyl groups excluding tert-OH is 1. The molecule has 0 saturated heterocycles. The Morgan fingerprint density at radius 1 is 1.00 bits per heavy atom. The van der Waals surface area contributed by atoms with Gasteiger partial charge in [-0.25, -0.2) is 0 Å². The van der Waals surface area contributed by atoms with Crippen molar-refractivity contribution in [2.24, 2.45) is 0 Å². The Morgan fingerprint density at radius 3 is 2.17 bits per heavy atom. The molecule has 0 aliphatic carbocycles. The lowest BCUT2D eigenvalue weighted by molar-refractivity contribution is 0.113. The minimum Gasteiger partial charge on any atom is -0.390 e. The van der Waals surface area contributed by atoms with Crippen molar-refractivity contribution in [3.63, 3.8) is 0 Å². The largest absolute Gasteiger partial charge is 0.390 e. The van der Waals surface area contributed by atoms with Crippen LogP contribution in [0.5, 0.6) is 0 Å². The van der Waals surface area contributed by atoms with Gasteiger partial charge in [0.1, 0.15) is 0 Å². The predicted molar refractivity (Wildman–Crippen MR) is 80.0 cm³/mol. The SMILES string of the molecule is CCCCC(CCC)NCC(O)CN(CC)CC. The lowest BCUT2D eigenvalue weighted by Crippen LogP contribution is -2.41. The Labute approximate surface area is 114 Å². The molecule has 2 N–H and O–H groups in total. The molecule has 0 aliphatic heterocycles. The Balaban J connectivity index is 3.86. The van der Waals surface area contributed by atoms with Gasteiger partial charge in [-0.3, -0.25) is 0 Å². The van der Waals surface area contributed by atoms with Crippen LogP contribution < -0.4 is 5.32 Å². The normalized spacial score (nSPS) is 15.0. The van der Waals surface area contributed by atoms with Crippen molar-refractivity contribution < 1.29 is 5.11 Å². The van der Waals surface area contributed by atoms with E-state index >= 15 is 0 Å². The molecule has 110 valence electrons. The Kier molecular flexibility index (Phi) is 11.9. The molecule has 0 amide bonds. The zero-order valence-corrected chi connectivity index (χ0v) is 12.9. The second-order valence-corrected chi connectivity index (χ2v) is 5.18. The molecule has 0 aromatic heterocycles. The van der Waals surface area contributed by atoms with E-state index in [0.717, 1.165) is 26.2 Å². The summed E-state index contributed by atoms with van der Waals surface area (Å²) in [5, 5.41) is 13.6. The monoisotopic (exact) mass is 258 g/mol. The Bertz CT molecular complexity index is 172. The van der Waals surface area contributed by atoms with Crippen LogP contribution in [0.2, 0.25) is 0 Å². The van der Waals surface area contributed by atoms with Gasteiger partial charge in [-0.15, -0.1) is 0 Å². The van der Waals surface area contributed by atoms with Crippen molar-refractivity contribution in [3.05, 3.63) is 0 Å². The second kappa shape index (κ2) is 11.9. The van der Waals surface area contributed by atoms with Crippen molar-refractivity contribution in [2.45, 2.75) is 71.9 Å². The molecule has 0 bridgehead atoms. The lowest BCUT2D eigenvalue weighted by Gasteiger charge is -2.24. The molecule has 0 aliphatic rings. The number of nitrogens with one attached hydrogen (secondary N) is 1. The molecule has 0 radical (unpaired) electrons. The first-order valence-electron chi connectivity index (χ1n) is 7.81. The number of nitrogens with zero attached hydrogens (tertiary/aromatic N) is 1. The Morgan fingerprint density at radius 2 is 1.67 bits per heavy atom. The molecule has 0 heterocycles. The van der Waals surface area contributed by atoms with E-state index in [0.29, 0.717) is 6.04 Å². The third kappa shape index (κ3) is 8.90. The summed E-state index contributed by atoms with van der Waals surface area (Å²) in [7, 11) is 0. The summed E-state index contributed by atoms with van der Waals surface area (Å²) in [6, 6.07) is 0.585. The first-order chi connectivity index (χ1) is 8.67. The standard InChI is InChI=1S/C15H34N2O/c1-5-9-11-14(10-6-2)16-12-15(18)13-17(7-3)8-4/h14-16,18H,5-13H2,1-4H3. The number of hydrogen-bond acceptors (Lipinski definition) is 3. The van der Waals surface area contributed by atoms with Crippen LogP contribution in [0.15, 0.2) is 0 Å². The molecule has 2 atom stereocenters. The topological polar surface area (TPSA) is 35.5 Å². The van der Waals surface area contributed by atoms with Gasteiger partial charge in [0.25, 0.3) is 0 Å². The summed E-state index contributed by atoms with van der Waals surface area (Å²) in [5.74, 6) is 0. The summed E-state index contributed by atoms with van der Waals surface area (Å²) in [4.78, 5) is 2.27. The number of unbranched alkanes of at least 4 members (excludes halogenated alkanes) is 1. The maximum atomic E-state index is 10.0. The van der Waals surface area contributed by atoms with Crippen molar-refractivity contribution in [2.75, 3.05) is 26.2 Å². The van der Waals surface area contributed by atoms with E-state index in [1.165, 1.54) is 32.1 Å². The summed E-state index contributed by atoms with van der Waals surface area (Å²) in [6.07, 6.45) is 5.97. The molecule has 3 nitrogen and oxygen atoms in total. The van der Waals surface area contributed by atoms with Gasteiger partial charge < -0.3 is 15.3 Å². The van der Waals surface area contributed by atoms with Crippen molar-refractivity contribution in [3.8, 4) is 0 Å². The fourth-order valence-electron chi connectivity index (χ4n) is 2.29. The van der Waals surface area contributed by atoms with Crippen LogP contribution in [0.1, 0.15) is 59.8 Å². The van der Waals surface area contributed by atoms with E-state index in [1.807, 2.05) is 0 Å². The highest BCUT2D eigenvalue weighted by Gasteiger charge is 2.12. The first kappa shape index (κ1) is 17.9. The molecule has 3 heteroatoms. The van der Waals surface area contributed by atoms with Gasteiger partial charge in [-0.1, -0.05) is 47.0 Å². The minimum absolute atomic E-state index is 0.245. The summed E-state index contributed by atoms with van der Waals surface area (Å²) < 4.78 is 0. The molecular weight excluding hydrogens is 224 g/mol. The highest BCUT2D eigenvalue weighted by molar-refractivity contribution is 4.71. The zero-order chi connectivity index (χ0) is 13.8. The number of hydrogen-bond donors (Lipinski definition) is 2. The predicted octanol–water partition coefficient (Wildman–Crippen LogP) is 2.64. The number of aliphatic hydroxyl groups is 1. The third-order valence-electron chi connectivity index (χ3n) is 3.55. The second-order valence-electron chi connectivity index (χ2n) is 5.18. The van der Waals surface area contributed by atoms with Gasteiger partial charge in [0.2, 0.25) is 0 Å². The van der Waals surface area contributed by atoms with E-state index in [-0.39, 0.29) is 6.10 Å². The van der Waals surface area contributed by atoms with E-state index in [2.05, 4.69) is 37.9 Å². The molecule has 0 fully saturated rings. The van der Waals surface area contributed by atoms with Gasteiger partial charge in [-0.2, -0.15) is 0 Å². The number of rotatable bonds is 12. The van der Waals surface area contributed by atoms with Crippen LogP contribution >= 0.6 is 0 Å². The molecule has 0 aromatic rings. The number of likely N-dealkylation sites (N-methyl/N-ethyl adjacent to an activating group) is 1. The van der Waals surface area contributed by atoms with Crippen LogP contribution in [-0.4, -0.2) is 48.3 Å². The quantitative estimate of drug-likeness (QED) is 0.565. The maximum Gasteiger partial charge on any atom is 0.0791 e. The molecular formula is C15H34N2O. The lowest BCUT2D eigenvalue weighted by atomic mass is 10.0. The van der Waals surface area contributed by atoms with Crippen LogP contribution in [0.25, 0.3) is 0 Å². The van der Waals surface area contributed by atoms with Gasteiger partial charge in [-0.05, 0) is 25.9 Å². The molecule has 0 rings (SSSR count). The fraction of sp³-hybridized carbons (Fsp3) is 1.00. The van der Waals surface area contributed by atoms with Gasteiger partial charge in [0, 0.05) is 19.1 Å². The highest BCUT2D eigenvalue weighted by atomic mass is 16.3. The minimum atomic E-state index is -0.245. The summed E-state index contributed by atoms with van der Waals surface area (Å²) in [6.45, 7) is 12.3. The smallest absolute Gasteiger partial charge is 0.0791 e. The molecule has 0 spiro atoms. The molecule has 0 saturated carbocycles. The van der Waals surface area contributed by atoms with Crippen molar-refractivity contribution in [1.29, 1.82) is 0 Å². The molecule has 0 aromatic carbocycles. The van der Waals surface area contributed by atoms with Crippen molar-refractivity contribution >= 4 is 0 Å². The van der Waals surface area contributed by atoms with Gasteiger partial charge in [0.15, 0.2) is 0 Å². The molecule has 18 heavy (non-hydrogen) atoms. The average Bonchev–Trinajstić information content (AvgIpc) is 2.39. The van der Waals surface area contributed by atoms with Crippen LogP contribution in [0, 0.1) is 0 Å². The van der Waals surface area contributed by atoms with Crippen molar-refractivity contribution in [1.82, 2.24) is 10.2 Å². The summed E-state index contributed by atoms with van der Waals surface area (Å²) >= 11 is 0.